The van der Waals surface area contributed by atoms with Gasteiger partial charge in [0.15, 0.2) is 0 Å². The van der Waals surface area contributed by atoms with Crippen molar-refractivity contribution in [3.8, 4) is 0 Å². The van der Waals surface area contributed by atoms with Crippen molar-refractivity contribution >= 4 is 11.4 Å². The van der Waals surface area contributed by atoms with E-state index >= 15 is 0 Å². The lowest BCUT2D eigenvalue weighted by Crippen LogP contribution is -2.20. The maximum atomic E-state index is 3.58. The van der Waals surface area contributed by atoms with Gasteiger partial charge in [-0.25, -0.2) is 0 Å². The fourth-order valence-electron chi connectivity index (χ4n) is 3.56. The maximum absolute atomic E-state index is 3.58. The lowest BCUT2D eigenvalue weighted by atomic mass is 9.87. The molecular weight excluding hydrogens is 412 g/mol. The van der Waals surface area contributed by atoms with Gasteiger partial charge in [0, 0.05) is 24.5 Å². The first kappa shape index (κ1) is 30.1. The molecule has 2 heteroatoms. The van der Waals surface area contributed by atoms with Gasteiger partial charge < -0.3 is 10.6 Å². The van der Waals surface area contributed by atoms with Crippen molar-refractivity contribution < 1.29 is 0 Å². The SMILES string of the molecule is CC(C)(C)CNc1ccccc1CC(C)(C)C.CC(C)(C)CNc1ccccc1CC(C)(C)C. The van der Waals surface area contributed by atoms with Crippen molar-refractivity contribution in [2.45, 2.75) is 95.9 Å². The molecule has 0 saturated heterocycles. The standard InChI is InChI=1S/2C16H27N/c2*1-15(2,3)11-13-9-7-8-10-14(13)17-12-16(4,5)6/h2*7-10,17H,11-12H2,1-6H3. The lowest BCUT2D eigenvalue weighted by molar-refractivity contribution is 0.410. The first-order valence-electron chi connectivity index (χ1n) is 13.0. The maximum Gasteiger partial charge on any atom is 0.0373 e. The van der Waals surface area contributed by atoms with Crippen LogP contribution in [0.3, 0.4) is 0 Å². The van der Waals surface area contributed by atoms with Crippen molar-refractivity contribution in [1.29, 1.82) is 0 Å². The molecule has 2 rings (SSSR count). The highest BCUT2D eigenvalue weighted by atomic mass is 14.9. The number of anilines is 2. The first-order chi connectivity index (χ1) is 15.3. The summed E-state index contributed by atoms with van der Waals surface area (Å²) in [6.07, 6.45) is 2.22. The second kappa shape index (κ2) is 12.1. The highest BCUT2D eigenvalue weighted by Crippen LogP contribution is 2.28. The first-order valence-corrected chi connectivity index (χ1v) is 13.0. The number of nitrogens with one attached hydrogen (secondary N) is 2. The van der Waals surface area contributed by atoms with Crippen molar-refractivity contribution in [1.82, 2.24) is 0 Å². The molecule has 34 heavy (non-hydrogen) atoms. The van der Waals surface area contributed by atoms with Crippen LogP contribution in [0.5, 0.6) is 0 Å². The zero-order valence-corrected chi connectivity index (χ0v) is 24.4. The molecule has 192 valence electrons. The Morgan fingerprint density at radius 3 is 1.00 bits per heavy atom. The van der Waals surface area contributed by atoms with Crippen LogP contribution in [0, 0.1) is 21.7 Å². The summed E-state index contributed by atoms with van der Waals surface area (Å²) in [5.74, 6) is 0. The van der Waals surface area contributed by atoms with Gasteiger partial charge in [-0.05, 0) is 57.8 Å². The molecule has 0 saturated carbocycles. The van der Waals surface area contributed by atoms with E-state index in [2.05, 4.69) is 142 Å². The van der Waals surface area contributed by atoms with Gasteiger partial charge in [0.2, 0.25) is 0 Å². The van der Waals surface area contributed by atoms with Gasteiger partial charge in [0.05, 0.1) is 0 Å². The number of hydrogen-bond donors (Lipinski definition) is 2. The molecule has 0 atom stereocenters. The van der Waals surface area contributed by atoms with Crippen LogP contribution < -0.4 is 10.6 Å². The molecule has 0 aliphatic carbocycles. The summed E-state index contributed by atoms with van der Waals surface area (Å²) in [7, 11) is 0. The molecule has 2 N–H and O–H groups in total. The van der Waals surface area contributed by atoms with E-state index in [9.17, 15) is 0 Å². The average molecular weight is 467 g/mol. The van der Waals surface area contributed by atoms with Crippen LogP contribution in [0.25, 0.3) is 0 Å². The topological polar surface area (TPSA) is 24.1 Å². The molecule has 2 nitrogen and oxygen atoms in total. The van der Waals surface area contributed by atoms with Crippen molar-refractivity contribution in [3.05, 3.63) is 59.7 Å². The minimum atomic E-state index is 0.314. The summed E-state index contributed by atoms with van der Waals surface area (Å²) in [4.78, 5) is 0. The average Bonchev–Trinajstić information content (AvgIpc) is 2.63. The second-order valence-electron chi connectivity index (χ2n) is 14.6. The Morgan fingerprint density at radius 1 is 0.441 bits per heavy atom. The predicted molar refractivity (Wildman–Crippen MR) is 155 cm³/mol. The highest BCUT2D eigenvalue weighted by molar-refractivity contribution is 5.52. The Bertz CT molecular complexity index is 779. The fourth-order valence-corrected chi connectivity index (χ4v) is 3.56. The molecule has 0 aromatic heterocycles. The van der Waals surface area contributed by atoms with Crippen LogP contribution in [-0.4, -0.2) is 13.1 Å². The van der Waals surface area contributed by atoms with E-state index in [0.717, 1.165) is 25.9 Å². The van der Waals surface area contributed by atoms with E-state index in [0.29, 0.717) is 21.7 Å². The van der Waals surface area contributed by atoms with Gasteiger partial charge in [-0.1, -0.05) is 119 Å². The molecule has 0 spiro atoms. The molecule has 0 aliphatic heterocycles. The fraction of sp³-hybridized carbons (Fsp3) is 0.625. The molecule has 2 aromatic rings. The van der Waals surface area contributed by atoms with Crippen LogP contribution in [0.2, 0.25) is 0 Å². The summed E-state index contributed by atoms with van der Waals surface area (Å²) in [5.41, 5.74) is 6.71. The van der Waals surface area contributed by atoms with Gasteiger partial charge in [0.25, 0.3) is 0 Å². The summed E-state index contributed by atoms with van der Waals surface area (Å²) in [6.45, 7) is 29.3. The number of benzene rings is 2. The summed E-state index contributed by atoms with van der Waals surface area (Å²) in [5, 5.41) is 7.15. The Kier molecular flexibility index (Phi) is 10.7. The number of rotatable bonds is 6. The molecule has 0 heterocycles. The molecule has 0 fully saturated rings. The summed E-state index contributed by atoms with van der Waals surface area (Å²) in [6, 6.07) is 17.3. The third-order valence-corrected chi connectivity index (χ3v) is 5.09. The second-order valence-corrected chi connectivity index (χ2v) is 14.6. The zero-order chi connectivity index (χ0) is 26.2. The van der Waals surface area contributed by atoms with Gasteiger partial charge in [0.1, 0.15) is 0 Å². The monoisotopic (exact) mass is 466 g/mol. The Labute approximate surface area is 212 Å². The van der Waals surface area contributed by atoms with Crippen molar-refractivity contribution in [2.24, 2.45) is 21.7 Å². The van der Waals surface area contributed by atoms with Gasteiger partial charge in [-0.15, -0.1) is 0 Å². The Hall–Kier alpha value is -1.96. The largest absolute Gasteiger partial charge is 0.384 e. The third-order valence-electron chi connectivity index (χ3n) is 5.09. The third kappa shape index (κ3) is 14.3. The van der Waals surface area contributed by atoms with E-state index < -0.39 is 0 Å². The zero-order valence-electron chi connectivity index (χ0n) is 24.4. The Balaban J connectivity index is 0.000000340. The number of para-hydroxylation sites is 2. The predicted octanol–water partition coefficient (Wildman–Crippen LogP) is 9.47. The molecule has 0 radical (unpaired) electrons. The van der Waals surface area contributed by atoms with Crippen LogP contribution >= 0.6 is 0 Å². The van der Waals surface area contributed by atoms with E-state index in [1.165, 1.54) is 22.5 Å². The van der Waals surface area contributed by atoms with Gasteiger partial charge in [-0.2, -0.15) is 0 Å². The molecule has 0 bridgehead atoms. The van der Waals surface area contributed by atoms with E-state index in [-0.39, 0.29) is 0 Å². The van der Waals surface area contributed by atoms with Crippen molar-refractivity contribution in [2.75, 3.05) is 23.7 Å². The molecule has 0 aliphatic rings. The highest BCUT2D eigenvalue weighted by Gasteiger charge is 2.16. The van der Waals surface area contributed by atoms with Crippen molar-refractivity contribution in [3.63, 3.8) is 0 Å². The summed E-state index contributed by atoms with van der Waals surface area (Å²) < 4.78 is 0. The van der Waals surface area contributed by atoms with E-state index in [4.69, 9.17) is 0 Å². The molecule has 2 aromatic carbocycles. The van der Waals surface area contributed by atoms with Gasteiger partial charge in [-0.3, -0.25) is 0 Å². The van der Waals surface area contributed by atoms with Crippen LogP contribution in [0.1, 0.15) is 94.2 Å². The molecule has 0 amide bonds. The van der Waals surface area contributed by atoms with E-state index in [1.807, 2.05) is 0 Å². The lowest BCUT2D eigenvalue weighted by Gasteiger charge is -2.24. The quantitative estimate of drug-likeness (QED) is 0.443. The van der Waals surface area contributed by atoms with Gasteiger partial charge >= 0.3 is 0 Å². The minimum absolute atomic E-state index is 0.314. The molecular formula is C32H54N2. The van der Waals surface area contributed by atoms with Crippen LogP contribution in [0.4, 0.5) is 11.4 Å². The van der Waals surface area contributed by atoms with Crippen LogP contribution in [0.15, 0.2) is 48.5 Å². The molecule has 0 unspecified atom stereocenters. The smallest absolute Gasteiger partial charge is 0.0373 e. The number of hydrogen-bond acceptors (Lipinski definition) is 2. The van der Waals surface area contributed by atoms with Crippen LogP contribution in [-0.2, 0) is 12.8 Å². The summed E-state index contributed by atoms with van der Waals surface area (Å²) >= 11 is 0. The Morgan fingerprint density at radius 2 is 0.735 bits per heavy atom. The van der Waals surface area contributed by atoms with E-state index in [1.54, 1.807) is 0 Å². The normalized spacial score (nSPS) is 12.6. The minimum Gasteiger partial charge on any atom is -0.384 e.